The first kappa shape index (κ1) is 13.7. The summed E-state index contributed by atoms with van der Waals surface area (Å²) >= 11 is 0. The fourth-order valence-electron chi connectivity index (χ4n) is 2.68. The Labute approximate surface area is 103 Å². The first-order chi connectivity index (χ1) is 7.82. The maximum atomic E-state index is 11.5. The largest absolute Gasteiger partial charge is 0.481 e. The number of nitrogens with two attached hydrogens (primary N) is 1. The molecule has 17 heavy (non-hydrogen) atoms. The number of rotatable bonds is 4. The lowest BCUT2D eigenvalue weighted by Gasteiger charge is -2.28. The van der Waals surface area contributed by atoms with Gasteiger partial charge in [0.25, 0.3) is 0 Å². The zero-order chi connectivity index (χ0) is 13.2. The lowest BCUT2D eigenvalue weighted by Crippen LogP contribution is -2.36. The normalized spacial score (nSPS) is 14.4. The molecule has 3 nitrogen and oxygen atoms in total. The van der Waals surface area contributed by atoms with E-state index in [-0.39, 0.29) is 0 Å². The molecule has 0 aliphatic rings. The Morgan fingerprint density at radius 1 is 1.29 bits per heavy atom. The van der Waals surface area contributed by atoms with Crippen LogP contribution >= 0.6 is 0 Å². The summed E-state index contributed by atoms with van der Waals surface area (Å²) in [6.45, 7) is 8.08. The van der Waals surface area contributed by atoms with E-state index in [0.29, 0.717) is 13.0 Å². The topological polar surface area (TPSA) is 63.3 Å². The molecule has 0 aliphatic carbocycles. The minimum absolute atomic E-state index is 0.371. The highest BCUT2D eigenvalue weighted by atomic mass is 16.4. The van der Waals surface area contributed by atoms with Gasteiger partial charge in [0.15, 0.2) is 0 Å². The number of carbonyl (C=O) groups is 1. The SMILES string of the molecule is Cc1cc(C)c(C(C)(CCN)C(=O)O)c(C)c1. The summed E-state index contributed by atoms with van der Waals surface area (Å²) in [4.78, 5) is 11.5. The van der Waals surface area contributed by atoms with Crippen molar-refractivity contribution in [2.24, 2.45) is 5.73 Å². The number of carboxylic acid groups (broad SMARTS) is 1. The molecule has 0 fully saturated rings. The molecule has 0 aromatic heterocycles. The zero-order valence-electron chi connectivity index (χ0n) is 11.0. The Hall–Kier alpha value is -1.35. The standard InChI is InChI=1S/C14H21NO2/c1-9-7-10(2)12(11(3)8-9)14(4,5-6-15)13(16)17/h7-8H,5-6,15H2,1-4H3,(H,16,17). The summed E-state index contributed by atoms with van der Waals surface area (Å²) in [6, 6.07) is 4.06. The molecule has 0 aliphatic heterocycles. The van der Waals surface area contributed by atoms with Crippen LogP contribution in [0.25, 0.3) is 0 Å². The van der Waals surface area contributed by atoms with E-state index < -0.39 is 11.4 Å². The van der Waals surface area contributed by atoms with Crippen LogP contribution in [0.5, 0.6) is 0 Å². The molecular weight excluding hydrogens is 214 g/mol. The van der Waals surface area contributed by atoms with Crippen LogP contribution in [0.1, 0.15) is 35.6 Å². The van der Waals surface area contributed by atoms with Gasteiger partial charge in [0.1, 0.15) is 0 Å². The molecule has 1 aromatic rings. The summed E-state index contributed by atoms with van der Waals surface area (Å²) in [6.07, 6.45) is 0.451. The van der Waals surface area contributed by atoms with E-state index in [1.54, 1.807) is 6.92 Å². The van der Waals surface area contributed by atoms with Gasteiger partial charge in [-0.2, -0.15) is 0 Å². The highest BCUT2D eigenvalue weighted by molar-refractivity contribution is 5.82. The molecule has 0 amide bonds. The van der Waals surface area contributed by atoms with Crippen molar-refractivity contribution in [1.29, 1.82) is 0 Å². The second-order valence-corrected chi connectivity index (χ2v) is 4.95. The highest BCUT2D eigenvalue weighted by Crippen LogP contribution is 2.33. The number of hydrogen-bond donors (Lipinski definition) is 2. The van der Waals surface area contributed by atoms with Gasteiger partial charge in [-0.1, -0.05) is 17.7 Å². The van der Waals surface area contributed by atoms with E-state index in [0.717, 1.165) is 22.3 Å². The van der Waals surface area contributed by atoms with Crippen LogP contribution in [-0.2, 0) is 10.2 Å². The van der Waals surface area contributed by atoms with E-state index in [1.165, 1.54) is 0 Å². The van der Waals surface area contributed by atoms with Crippen molar-refractivity contribution in [3.8, 4) is 0 Å². The van der Waals surface area contributed by atoms with Crippen molar-refractivity contribution in [3.63, 3.8) is 0 Å². The number of aliphatic carboxylic acids is 1. The molecule has 1 aromatic carbocycles. The Morgan fingerprint density at radius 2 is 1.76 bits per heavy atom. The molecule has 3 heteroatoms. The lowest BCUT2D eigenvalue weighted by molar-refractivity contribution is -0.143. The predicted molar refractivity (Wildman–Crippen MR) is 69.3 cm³/mol. The Kier molecular flexibility index (Phi) is 3.94. The molecular formula is C14H21NO2. The van der Waals surface area contributed by atoms with Crippen molar-refractivity contribution in [2.75, 3.05) is 6.54 Å². The van der Waals surface area contributed by atoms with Gasteiger partial charge in [-0.3, -0.25) is 4.79 Å². The van der Waals surface area contributed by atoms with Crippen LogP contribution in [0.3, 0.4) is 0 Å². The summed E-state index contributed by atoms with van der Waals surface area (Å²) in [5.74, 6) is -0.807. The lowest BCUT2D eigenvalue weighted by atomic mass is 9.75. The number of carboxylic acids is 1. The van der Waals surface area contributed by atoms with Crippen LogP contribution in [0.15, 0.2) is 12.1 Å². The molecule has 1 unspecified atom stereocenters. The summed E-state index contributed by atoms with van der Waals surface area (Å²) < 4.78 is 0. The van der Waals surface area contributed by atoms with Crippen LogP contribution in [-0.4, -0.2) is 17.6 Å². The maximum Gasteiger partial charge on any atom is 0.313 e. The van der Waals surface area contributed by atoms with Crippen molar-refractivity contribution in [3.05, 3.63) is 34.4 Å². The molecule has 1 atom stereocenters. The first-order valence-corrected chi connectivity index (χ1v) is 5.84. The van der Waals surface area contributed by atoms with E-state index in [9.17, 15) is 9.90 Å². The average molecular weight is 235 g/mol. The number of aryl methyl sites for hydroxylation is 3. The highest BCUT2D eigenvalue weighted by Gasteiger charge is 2.36. The molecule has 0 bridgehead atoms. The third-order valence-electron chi connectivity index (χ3n) is 3.35. The third kappa shape index (κ3) is 2.50. The van der Waals surface area contributed by atoms with Gasteiger partial charge in [-0.15, -0.1) is 0 Å². The Balaban J connectivity index is 3.43. The minimum atomic E-state index is -0.892. The fraction of sp³-hybridized carbons (Fsp3) is 0.500. The van der Waals surface area contributed by atoms with Gasteiger partial charge in [0.05, 0.1) is 5.41 Å². The number of benzene rings is 1. The van der Waals surface area contributed by atoms with Crippen LogP contribution in [0.4, 0.5) is 0 Å². The first-order valence-electron chi connectivity index (χ1n) is 5.84. The van der Waals surface area contributed by atoms with Gasteiger partial charge >= 0.3 is 5.97 Å². The molecule has 0 spiro atoms. The molecule has 0 saturated carbocycles. The van der Waals surface area contributed by atoms with Gasteiger partial charge in [0.2, 0.25) is 0 Å². The second-order valence-electron chi connectivity index (χ2n) is 4.95. The predicted octanol–water partition coefficient (Wildman–Crippen LogP) is 2.30. The second kappa shape index (κ2) is 4.88. The summed E-state index contributed by atoms with van der Waals surface area (Å²) in [7, 11) is 0. The van der Waals surface area contributed by atoms with E-state index in [4.69, 9.17) is 5.73 Å². The minimum Gasteiger partial charge on any atom is -0.481 e. The van der Waals surface area contributed by atoms with Crippen molar-refractivity contribution >= 4 is 5.97 Å². The molecule has 3 N–H and O–H groups in total. The van der Waals surface area contributed by atoms with Crippen molar-refractivity contribution in [1.82, 2.24) is 0 Å². The monoisotopic (exact) mass is 235 g/mol. The van der Waals surface area contributed by atoms with Gasteiger partial charge in [-0.25, -0.2) is 0 Å². The van der Waals surface area contributed by atoms with E-state index in [1.807, 2.05) is 32.9 Å². The quantitative estimate of drug-likeness (QED) is 0.841. The summed E-state index contributed by atoms with van der Waals surface area (Å²) in [5.41, 5.74) is 8.78. The zero-order valence-corrected chi connectivity index (χ0v) is 11.0. The van der Waals surface area contributed by atoms with Gasteiger partial charge in [0, 0.05) is 0 Å². The van der Waals surface area contributed by atoms with Crippen LogP contribution in [0.2, 0.25) is 0 Å². The summed E-state index contributed by atoms with van der Waals surface area (Å²) in [5, 5.41) is 9.48. The molecule has 0 saturated heterocycles. The van der Waals surface area contributed by atoms with Crippen LogP contribution in [0, 0.1) is 20.8 Å². The third-order valence-corrected chi connectivity index (χ3v) is 3.35. The van der Waals surface area contributed by atoms with Crippen molar-refractivity contribution in [2.45, 2.75) is 39.5 Å². The smallest absolute Gasteiger partial charge is 0.313 e. The fourth-order valence-corrected chi connectivity index (χ4v) is 2.68. The molecule has 1 rings (SSSR count). The maximum absolute atomic E-state index is 11.5. The van der Waals surface area contributed by atoms with Gasteiger partial charge in [-0.05, 0) is 57.4 Å². The van der Waals surface area contributed by atoms with Crippen LogP contribution < -0.4 is 5.73 Å². The van der Waals surface area contributed by atoms with E-state index in [2.05, 4.69) is 0 Å². The van der Waals surface area contributed by atoms with Gasteiger partial charge < -0.3 is 10.8 Å². The van der Waals surface area contributed by atoms with E-state index >= 15 is 0 Å². The molecule has 94 valence electrons. The Morgan fingerprint density at radius 3 is 2.12 bits per heavy atom. The number of hydrogen-bond acceptors (Lipinski definition) is 2. The molecule has 0 heterocycles. The Bertz CT molecular complexity index is 417. The molecule has 0 radical (unpaired) electrons. The van der Waals surface area contributed by atoms with Crippen molar-refractivity contribution < 1.29 is 9.90 Å². The average Bonchev–Trinajstić information content (AvgIpc) is 2.15.